The second kappa shape index (κ2) is 18.7. The fourth-order valence-corrected chi connectivity index (χ4v) is 12.1. The second-order valence-corrected chi connectivity index (χ2v) is 20.3. The molecule has 368 valence electrons. The van der Waals surface area contributed by atoms with Crippen molar-refractivity contribution in [2.24, 2.45) is 0 Å². The Bertz CT molecular complexity index is 4210. The SMILES string of the molecule is Ic1ncccn1.c1cnc(N(c2cc(-n3c4ccccc4c4ccccc43)cc(-n3c4ccccc4c4ccccc43)c2)c2cc(-n3c4ccccc4c4ccccc43)cc(-n3c4ccccc4c4ccccc43)c2)nc1. The Morgan fingerprint density at radius 2 is 0.474 bits per heavy atom. The maximum atomic E-state index is 5.09. The zero-order chi connectivity index (χ0) is 51.7. The molecule has 0 atom stereocenters. The monoisotopic (exact) mass is 1110 g/mol. The maximum Gasteiger partial charge on any atom is 0.234 e. The summed E-state index contributed by atoms with van der Waals surface area (Å²) in [4.78, 5) is 20.1. The van der Waals surface area contributed by atoms with Crippen LogP contribution in [-0.2, 0) is 0 Å². The molecule has 0 saturated heterocycles. The molecular formula is C68H44IN9. The zero-order valence-corrected chi connectivity index (χ0v) is 44.0. The van der Waals surface area contributed by atoms with Crippen molar-refractivity contribution >= 4 is 127 Å². The number of halogens is 1. The summed E-state index contributed by atoms with van der Waals surface area (Å²) in [7, 11) is 0. The smallest absolute Gasteiger partial charge is 0.234 e. The van der Waals surface area contributed by atoms with E-state index in [1.807, 2.05) is 18.5 Å². The molecule has 0 amide bonds. The molecule has 0 spiro atoms. The van der Waals surface area contributed by atoms with Crippen molar-refractivity contribution < 1.29 is 0 Å². The van der Waals surface area contributed by atoms with Gasteiger partial charge in [-0.2, -0.15) is 0 Å². The van der Waals surface area contributed by atoms with Gasteiger partial charge in [0.2, 0.25) is 5.95 Å². The topological polar surface area (TPSA) is 74.5 Å². The molecule has 0 aliphatic rings. The van der Waals surface area contributed by atoms with Crippen LogP contribution in [0.5, 0.6) is 0 Å². The molecule has 10 aromatic carbocycles. The van der Waals surface area contributed by atoms with Crippen molar-refractivity contribution in [1.29, 1.82) is 0 Å². The Balaban J connectivity index is 0.000000704. The maximum absolute atomic E-state index is 5.09. The molecule has 78 heavy (non-hydrogen) atoms. The van der Waals surface area contributed by atoms with Crippen LogP contribution in [0, 0.1) is 3.83 Å². The third-order valence-electron chi connectivity index (χ3n) is 14.9. The van der Waals surface area contributed by atoms with Gasteiger partial charge in [-0.25, -0.2) is 19.9 Å². The van der Waals surface area contributed by atoms with E-state index in [9.17, 15) is 0 Å². The molecule has 0 bridgehead atoms. The highest BCUT2D eigenvalue weighted by molar-refractivity contribution is 14.1. The third-order valence-corrected chi connectivity index (χ3v) is 15.5. The summed E-state index contributed by atoms with van der Waals surface area (Å²) >= 11 is 2.06. The summed E-state index contributed by atoms with van der Waals surface area (Å²) in [6, 6.07) is 87.4. The summed E-state index contributed by atoms with van der Waals surface area (Å²) in [5.74, 6) is 0.549. The van der Waals surface area contributed by atoms with Crippen molar-refractivity contribution in [3.05, 3.63) is 271 Å². The van der Waals surface area contributed by atoms with Crippen molar-refractivity contribution in [2.75, 3.05) is 4.90 Å². The van der Waals surface area contributed by atoms with Crippen molar-refractivity contribution in [2.45, 2.75) is 0 Å². The van der Waals surface area contributed by atoms with Gasteiger partial charge in [0.15, 0.2) is 3.83 Å². The van der Waals surface area contributed by atoms with Crippen LogP contribution in [0.25, 0.3) is 110 Å². The fraction of sp³-hybridized carbons (Fsp3) is 0. The average Bonchev–Trinajstić information content (AvgIpc) is 4.33. The molecule has 16 rings (SSSR count). The Morgan fingerprint density at radius 1 is 0.256 bits per heavy atom. The van der Waals surface area contributed by atoms with Crippen LogP contribution in [0.1, 0.15) is 0 Å². The summed E-state index contributed by atoms with van der Waals surface area (Å²) < 4.78 is 10.4. The molecule has 0 unspecified atom stereocenters. The van der Waals surface area contributed by atoms with Gasteiger partial charge in [-0.3, -0.25) is 4.90 Å². The number of hydrogen-bond acceptors (Lipinski definition) is 5. The van der Waals surface area contributed by atoms with E-state index >= 15 is 0 Å². The minimum Gasteiger partial charge on any atom is -0.309 e. The second-order valence-electron chi connectivity index (χ2n) is 19.3. The molecule has 6 aromatic heterocycles. The summed E-state index contributed by atoms with van der Waals surface area (Å²) in [5, 5.41) is 9.59. The van der Waals surface area contributed by atoms with E-state index in [0.717, 1.165) is 82.1 Å². The number of aromatic nitrogens is 8. The van der Waals surface area contributed by atoms with E-state index in [0.29, 0.717) is 5.95 Å². The van der Waals surface area contributed by atoms with Crippen LogP contribution in [0.4, 0.5) is 17.3 Å². The molecular weight excluding hydrogens is 1070 g/mol. The quantitative estimate of drug-likeness (QED) is 0.117. The van der Waals surface area contributed by atoms with Gasteiger partial charge in [0.05, 0.1) is 78.3 Å². The lowest BCUT2D eigenvalue weighted by Gasteiger charge is -2.27. The molecule has 0 aliphatic carbocycles. The van der Waals surface area contributed by atoms with E-state index in [-0.39, 0.29) is 0 Å². The van der Waals surface area contributed by atoms with Crippen LogP contribution >= 0.6 is 22.6 Å². The Hall–Kier alpha value is -9.91. The summed E-state index contributed by atoms with van der Waals surface area (Å²) in [6.45, 7) is 0. The number of fused-ring (bicyclic) bond motifs is 12. The van der Waals surface area contributed by atoms with E-state index in [1.165, 1.54) is 43.1 Å². The van der Waals surface area contributed by atoms with Crippen LogP contribution < -0.4 is 4.90 Å². The summed E-state index contributed by atoms with van der Waals surface area (Å²) in [6.07, 6.45) is 7.11. The van der Waals surface area contributed by atoms with Gasteiger partial charge in [-0.05, 0) is 97.1 Å². The molecule has 0 saturated carbocycles. The molecule has 6 heterocycles. The first-order valence-corrected chi connectivity index (χ1v) is 27.0. The van der Waals surface area contributed by atoms with Gasteiger partial charge in [-0.1, -0.05) is 146 Å². The van der Waals surface area contributed by atoms with E-state index in [4.69, 9.17) is 9.97 Å². The zero-order valence-electron chi connectivity index (χ0n) is 41.8. The first-order chi connectivity index (χ1) is 38.6. The van der Waals surface area contributed by atoms with Crippen LogP contribution in [0.2, 0.25) is 0 Å². The Kier molecular flexibility index (Phi) is 10.9. The lowest BCUT2D eigenvalue weighted by Crippen LogP contribution is -2.15. The van der Waals surface area contributed by atoms with Gasteiger partial charge in [0.1, 0.15) is 0 Å². The highest BCUT2D eigenvalue weighted by Crippen LogP contribution is 2.44. The average molecular weight is 1110 g/mol. The molecule has 9 nitrogen and oxygen atoms in total. The lowest BCUT2D eigenvalue weighted by molar-refractivity contribution is 1.06. The first kappa shape index (κ1) is 45.5. The number of rotatable bonds is 7. The van der Waals surface area contributed by atoms with Crippen LogP contribution in [-0.4, -0.2) is 38.2 Å². The number of para-hydroxylation sites is 8. The number of nitrogens with zero attached hydrogens (tertiary/aromatic N) is 9. The normalized spacial score (nSPS) is 11.7. The summed E-state index contributed by atoms with van der Waals surface area (Å²) in [5.41, 5.74) is 14.9. The van der Waals surface area contributed by atoms with E-state index < -0.39 is 0 Å². The van der Waals surface area contributed by atoms with Gasteiger partial charge in [-0.15, -0.1) is 0 Å². The predicted octanol–water partition coefficient (Wildman–Crippen LogP) is 17.4. The number of hydrogen-bond donors (Lipinski definition) is 0. The largest absolute Gasteiger partial charge is 0.309 e. The highest BCUT2D eigenvalue weighted by Gasteiger charge is 2.24. The molecule has 0 radical (unpaired) electrons. The highest BCUT2D eigenvalue weighted by atomic mass is 127. The molecule has 0 N–H and O–H groups in total. The van der Waals surface area contributed by atoms with Crippen molar-refractivity contribution in [3.63, 3.8) is 0 Å². The van der Waals surface area contributed by atoms with Gasteiger partial charge in [0.25, 0.3) is 0 Å². The van der Waals surface area contributed by atoms with E-state index in [2.05, 4.69) is 286 Å². The fourth-order valence-electron chi connectivity index (χ4n) is 11.8. The van der Waals surface area contributed by atoms with Crippen LogP contribution in [0.3, 0.4) is 0 Å². The van der Waals surface area contributed by atoms with E-state index in [1.54, 1.807) is 18.5 Å². The Morgan fingerprint density at radius 3 is 0.692 bits per heavy atom. The number of benzene rings is 10. The van der Waals surface area contributed by atoms with Crippen LogP contribution in [0.15, 0.2) is 267 Å². The van der Waals surface area contributed by atoms with Crippen molar-refractivity contribution in [3.8, 4) is 22.7 Å². The predicted molar refractivity (Wildman–Crippen MR) is 329 cm³/mol. The molecule has 16 aromatic rings. The molecule has 0 fully saturated rings. The standard InChI is InChI=1S/C64H41N7.C4H3IN2/c1-9-26-56-48(18-1)49-19-2-10-27-57(49)68(56)44-36-42(37-45(40-44)69-58-28-11-3-20-50(58)51-21-4-12-29-59(51)69)67(64-65-34-17-35-66-64)43-38-46(70-60-30-13-5-22-52(60)53-23-6-14-31-61(53)70)41-47(39-43)71-62-32-15-7-24-54(62)55-25-8-16-33-63(55)71;5-4-6-2-1-3-7-4/h1-41H;1-3H. The van der Waals surface area contributed by atoms with Gasteiger partial charge >= 0.3 is 0 Å². The van der Waals surface area contributed by atoms with Crippen molar-refractivity contribution in [1.82, 2.24) is 38.2 Å². The molecule has 10 heteroatoms. The molecule has 0 aliphatic heterocycles. The first-order valence-electron chi connectivity index (χ1n) is 25.9. The number of anilines is 3. The van der Waals surface area contributed by atoms with Gasteiger partial charge < -0.3 is 18.3 Å². The van der Waals surface area contributed by atoms with Gasteiger partial charge in [0, 0.05) is 90.5 Å². The minimum atomic E-state index is 0.549. The minimum absolute atomic E-state index is 0.549. The lowest BCUT2D eigenvalue weighted by atomic mass is 10.1. The Labute approximate surface area is 461 Å². The third kappa shape index (κ3) is 7.43.